The quantitative estimate of drug-likeness (QED) is 0.888. The van der Waals surface area contributed by atoms with Crippen LogP contribution in [-0.2, 0) is 11.3 Å². The highest BCUT2D eigenvalue weighted by atomic mass is 16.4. The van der Waals surface area contributed by atoms with Crippen molar-refractivity contribution in [2.75, 3.05) is 13.1 Å². The number of aromatic nitrogens is 2. The van der Waals surface area contributed by atoms with Crippen LogP contribution in [0, 0.1) is 6.92 Å². The Balaban J connectivity index is 2.57. The standard InChI is InChI=1S/C16H23N3O2/c1-5-18(6-2)12(4)16-17-13-9-11(3)7-8-14(13)19(16)10-15(20)21/h7-9,12H,5-6,10H2,1-4H3,(H,20,21). The molecule has 0 aliphatic carbocycles. The van der Waals surface area contributed by atoms with Gasteiger partial charge in [0.15, 0.2) is 0 Å². The molecule has 0 fully saturated rings. The highest BCUT2D eigenvalue weighted by Crippen LogP contribution is 2.25. The molecule has 0 saturated carbocycles. The van der Waals surface area contributed by atoms with Crippen molar-refractivity contribution in [2.24, 2.45) is 0 Å². The molecule has 2 aromatic rings. The van der Waals surface area contributed by atoms with Crippen LogP contribution in [0.2, 0.25) is 0 Å². The van der Waals surface area contributed by atoms with Crippen LogP contribution in [0.1, 0.15) is 38.2 Å². The summed E-state index contributed by atoms with van der Waals surface area (Å²) in [6.07, 6.45) is 0. The lowest BCUT2D eigenvalue weighted by molar-refractivity contribution is -0.137. The molecule has 0 aliphatic rings. The van der Waals surface area contributed by atoms with E-state index in [9.17, 15) is 9.90 Å². The Hall–Kier alpha value is -1.88. The molecule has 21 heavy (non-hydrogen) atoms. The topological polar surface area (TPSA) is 58.4 Å². The number of aryl methyl sites for hydroxylation is 1. The highest BCUT2D eigenvalue weighted by Gasteiger charge is 2.21. The largest absolute Gasteiger partial charge is 0.480 e. The number of nitrogens with zero attached hydrogens (tertiary/aromatic N) is 3. The number of carboxylic acid groups (broad SMARTS) is 1. The maximum atomic E-state index is 11.2. The molecule has 5 nitrogen and oxygen atoms in total. The van der Waals surface area contributed by atoms with Gasteiger partial charge in [-0.15, -0.1) is 0 Å². The monoisotopic (exact) mass is 289 g/mol. The normalized spacial score (nSPS) is 13.0. The number of benzene rings is 1. The number of hydrogen-bond acceptors (Lipinski definition) is 3. The number of hydrogen-bond donors (Lipinski definition) is 1. The zero-order valence-corrected chi connectivity index (χ0v) is 13.1. The molecule has 0 radical (unpaired) electrons. The Bertz CT molecular complexity index is 644. The average molecular weight is 289 g/mol. The molecule has 1 aromatic heterocycles. The lowest BCUT2D eigenvalue weighted by Gasteiger charge is -2.26. The lowest BCUT2D eigenvalue weighted by Crippen LogP contribution is -2.29. The van der Waals surface area contributed by atoms with Crippen LogP contribution in [-0.4, -0.2) is 38.6 Å². The van der Waals surface area contributed by atoms with E-state index in [-0.39, 0.29) is 12.6 Å². The van der Waals surface area contributed by atoms with E-state index in [1.807, 2.05) is 29.7 Å². The molecule has 1 aromatic carbocycles. The van der Waals surface area contributed by atoms with Gasteiger partial charge in [-0.1, -0.05) is 19.9 Å². The van der Waals surface area contributed by atoms with Gasteiger partial charge in [0.25, 0.3) is 0 Å². The summed E-state index contributed by atoms with van der Waals surface area (Å²) < 4.78 is 1.82. The first-order valence-electron chi connectivity index (χ1n) is 7.40. The number of fused-ring (bicyclic) bond motifs is 1. The summed E-state index contributed by atoms with van der Waals surface area (Å²) in [6, 6.07) is 6.05. The molecule has 0 bridgehead atoms. The van der Waals surface area contributed by atoms with Gasteiger partial charge in [0.2, 0.25) is 0 Å². The van der Waals surface area contributed by atoms with Crippen LogP contribution in [0.5, 0.6) is 0 Å². The number of carboxylic acids is 1. The molecule has 1 atom stereocenters. The Kier molecular flexibility index (Phi) is 4.63. The van der Waals surface area contributed by atoms with Crippen molar-refractivity contribution < 1.29 is 9.90 Å². The molecular weight excluding hydrogens is 266 g/mol. The first kappa shape index (κ1) is 15.5. The van der Waals surface area contributed by atoms with E-state index in [2.05, 4.69) is 25.7 Å². The van der Waals surface area contributed by atoms with Gasteiger partial charge < -0.3 is 9.67 Å². The highest BCUT2D eigenvalue weighted by molar-refractivity contribution is 5.79. The van der Waals surface area contributed by atoms with Crippen molar-refractivity contribution in [2.45, 2.75) is 40.3 Å². The second-order valence-corrected chi connectivity index (χ2v) is 5.34. The fourth-order valence-electron chi connectivity index (χ4n) is 2.81. The molecule has 0 aliphatic heterocycles. The van der Waals surface area contributed by atoms with E-state index in [0.29, 0.717) is 0 Å². The Labute approximate surface area is 125 Å². The summed E-state index contributed by atoms with van der Waals surface area (Å²) in [5.74, 6) is -0.0235. The van der Waals surface area contributed by atoms with Gasteiger partial charge in [0.05, 0.1) is 17.1 Å². The average Bonchev–Trinajstić information content (AvgIpc) is 2.77. The first-order chi connectivity index (χ1) is 9.97. The van der Waals surface area contributed by atoms with Crippen molar-refractivity contribution in [3.8, 4) is 0 Å². The summed E-state index contributed by atoms with van der Waals surface area (Å²) in [5.41, 5.74) is 2.88. The van der Waals surface area contributed by atoms with Crippen molar-refractivity contribution >= 4 is 17.0 Å². The second-order valence-electron chi connectivity index (χ2n) is 5.34. The van der Waals surface area contributed by atoms with Gasteiger partial charge in [0, 0.05) is 0 Å². The van der Waals surface area contributed by atoms with Gasteiger partial charge in [0.1, 0.15) is 12.4 Å². The van der Waals surface area contributed by atoms with Crippen molar-refractivity contribution in [1.29, 1.82) is 0 Å². The van der Waals surface area contributed by atoms with Crippen LogP contribution < -0.4 is 0 Å². The minimum Gasteiger partial charge on any atom is -0.480 e. The third-order valence-electron chi connectivity index (χ3n) is 3.96. The molecule has 1 heterocycles. The van der Waals surface area contributed by atoms with Gasteiger partial charge >= 0.3 is 5.97 Å². The maximum absolute atomic E-state index is 11.2. The smallest absolute Gasteiger partial charge is 0.323 e. The lowest BCUT2D eigenvalue weighted by atomic mass is 10.2. The Morgan fingerprint density at radius 1 is 1.38 bits per heavy atom. The molecular formula is C16H23N3O2. The van der Waals surface area contributed by atoms with Crippen LogP contribution in [0.25, 0.3) is 11.0 Å². The molecule has 0 spiro atoms. The van der Waals surface area contributed by atoms with Gasteiger partial charge in [-0.2, -0.15) is 0 Å². The number of imidazole rings is 1. The molecule has 0 saturated heterocycles. The molecule has 1 N–H and O–H groups in total. The third kappa shape index (κ3) is 3.08. The Morgan fingerprint density at radius 3 is 2.62 bits per heavy atom. The van der Waals surface area contributed by atoms with E-state index in [0.717, 1.165) is 35.5 Å². The third-order valence-corrected chi connectivity index (χ3v) is 3.96. The molecule has 114 valence electrons. The van der Waals surface area contributed by atoms with Crippen LogP contribution in [0.15, 0.2) is 18.2 Å². The minimum absolute atomic E-state index is 0.0551. The van der Waals surface area contributed by atoms with E-state index < -0.39 is 5.97 Å². The van der Waals surface area contributed by atoms with Crippen molar-refractivity contribution in [3.05, 3.63) is 29.6 Å². The first-order valence-corrected chi connectivity index (χ1v) is 7.40. The summed E-state index contributed by atoms with van der Waals surface area (Å²) in [4.78, 5) is 18.2. The van der Waals surface area contributed by atoms with Crippen LogP contribution in [0.4, 0.5) is 0 Å². The zero-order valence-electron chi connectivity index (χ0n) is 13.1. The zero-order chi connectivity index (χ0) is 15.6. The molecule has 0 amide bonds. The van der Waals surface area contributed by atoms with Crippen molar-refractivity contribution in [1.82, 2.24) is 14.5 Å². The predicted octanol–water partition coefficient (Wildman–Crippen LogP) is 2.83. The van der Waals surface area contributed by atoms with Crippen molar-refractivity contribution in [3.63, 3.8) is 0 Å². The summed E-state index contributed by atoms with van der Waals surface area (Å²) in [7, 11) is 0. The SMILES string of the molecule is CCN(CC)C(C)c1nc2cc(C)ccc2n1CC(=O)O. The number of aliphatic carboxylic acids is 1. The van der Waals surface area contributed by atoms with E-state index >= 15 is 0 Å². The fraction of sp³-hybridized carbons (Fsp3) is 0.500. The van der Waals surface area contributed by atoms with E-state index in [4.69, 9.17) is 4.98 Å². The molecule has 5 heteroatoms. The Morgan fingerprint density at radius 2 is 2.05 bits per heavy atom. The summed E-state index contributed by atoms with van der Waals surface area (Å²) in [6.45, 7) is 10.1. The second kappa shape index (κ2) is 6.26. The molecule has 2 rings (SSSR count). The van der Waals surface area contributed by atoms with Gasteiger partial charge in [-0.3, -0.25) is 9.69 Å². The van der Waals surface area contributed by atoms with Crippen LogP contribution >= 0.6 is 0 Å². The van der Waals surface area contributed by atoms with Gasteiger partial charge in [-0.05, 0) is 44.6 Å². The fourth-order valence-corrected chi connectivity index (χ4v) is 2.81. The minimum atomic E-state index is -0.845. The molecule has 1 unspecified atom stereocenters. The van der Waals surface area contributed by atoms with E-state index in [1.165, 1.54) is 0 Å². The summed E-state index contributed by atoms with van der Waals surface area (Å²) in [5, 5.41) is 9.20. The number of rotatable bonds is 6. The maximum Gasteiger partial charge on any atom is 0.323 e. The van der Waals surface area contributed by atoms with Gasteiger partial charge in [-0.25, -0.2) is 4.98 Å². The van der Waals surface area contributed by atoms with E-state index in [1.54, 1.807) is 0 Å². The predicted molar refractivity (Wildman–Crippen MR) is 83.4 cm³/mol. The summed E-state index contributed by atoms with van der Waals surface area (Å²) >= 11 is 0. The van der Waals surface area contributed by atoms with Crippen LogP contribution in [0.3, 0.4) is 0 Å². The number of carbonyl (C=O) groups is 1.